The fraction of sp³-hybridized carbons (Fsp3) is 0.500. The van der Waals surface area contributed by atoms with Crippen molar-refractivity contribution >= 4 is 11.8 Å². The summed E-state index contributed by atoms with van der Waals surface area (Å²) in [5.41, 5.74) is 7.09. The summed E-state index contributed by atoms with van der Waals surface area (Å²) in [5.74, 6) is 2.34. The second-order valence-electron chi connectivity index (χ2n) is 3.66. The molecule has 0 aliphatic rings. The third-order valence-corrected chi connectivity index (χ3v) is 3.17. The van der Waals surface area contributed by atoms with E-state index >= 15 is 0 Å². The van der Waals surface area contributed by atoms with Crippen LogP contribution in [0.3, 0.4) is 0 Å². The molecule has 1 atom stereocenters. The van der Waals surface area contributed by atoms with E-state index in [1.54, 1.807) is 0 Å². The molecule has 2 N–H and O–H groups in total. The Hall–Kier alpha value is -0.470. The molecule has 0 spiro atoms. The molecule has 1 unspecified atom stereocenters. The summed E-state index contributed by atoms with van der Waals surface area (Å²) in [6.45, 7) is 2.07. The van der Waals surface area contributed by atoms with Gasteiger partial charge in [-0.3, -0.25) is 0 Å². The van der Waals surface area contributed by atoms with Gasteiger partial charge in [-0.1, -0.05) is 30.3 Å². The Morgan fingerprint density at radius 3 is 2.64 bits per heavy atom. The lowest BCUT2D eigenvalue weighted by atomic mass is 10.2. The number of benzene rings is 1. The van der Waals surface area contributed by atoms with Gasteiger partial charge in [-0.25, -0.2) is 0 Å². The number of nitrogens with two attached hydrogens (primary N) is 1. The summed E-state index contributed by atoms with van der Waals surface area (Å²) in [7, 11) is 0. The first-order valence-corrected chi connectivity index (χ1v) is 6.32. The van der Waals surface area contributed by atoms with Crippen LogP contribution in [0.1, 0.15) is 25.3 Å². The second kappa shape index (κ2) is 6.91. The molecule has 0 aliphatic carbocycles. The third kappa shape index (κ3) is 5.30. The van der Waals surface area contributed by atoms with Crippen molar-refractivity contribution in [1.82, 2.24) is 0 Å². The van der Waals surface area contributed by atoms with Gasteiger partial charge in [0, 0.05) is 11.8 Å². The molecule has 1 nitrogen and oxygen atoms in total. The first kappa shape index (κ1) is 11.6. The van der Waals surface area contributed by atoms with Crippen LogP contribution in [-0.2, 0) is 5.75 Å². The van der Waals surface area contributed by atoms with Gasteiger partial charge in [0.15, 0.2) is 0 Å². The standard InChI is InChI=1S/C12H19NS/c1-11(13)6-5-9-14-10-12-7-3-2-4-8-12/h2-4,7-8,11H,5-6,9-10,13H2,1H3. The van der Waals surface area contributed by atoms with Crippen molar-refractivity contribution in [3.05, 3.63) is 35.9 Å². The highest BCUT2D eigenvalue weighted by Gasteiger charge is 1.95. The zero-order valence-electron chi connectivity index (χ0n) is 8.78. The number of hydrogen-bond donors (Lipinski definition) is 1. The lowest BCUT2D eigenvalue weighted by Crippen LogP contribution is -2.14. The Morgan fingerprint density at radius 2 is 2.00 bits per heavy atom. The van der Waals surface area contributed by atoms with Crippen molar-refractivity contribution < 1.29 is 0 Å². The van der Waals surface area contributed by atoms with Gasteiger partial charge in [-0.15, -0.1) is 0 Å². The van der Waals surface area contributed by atoms with Gasteiger partial charge in [0.25, 0.3) is 0 Å². The zero-order chi connectivity index (χ0) is 10.2. The molecule has 0 fully saturated rings. The molecule has 1 aromatic rings. The molecule has 2 heteroatoms. The van der Waals surface area contributed by atoms with E-state index in [1.165, 1.54) is 17.7 Å². The Bertz CT molecular complexity index is 233. The largest absolute Gasteiger partial charge is 0.328 e. The maximum atomic E-state index is 5.68. The molecular weight excluding hydrogens is 190 g/mol. The van der Waals surface area contributed by atoms with E-state index in [2.05, 4.69) is 37.3 Å². The molecule has 0 bridgehead atoms. The van der Waals surface area contributed by atoms with E-state index in [1.807, 2.05) is 11.8 Å². The molecule has 14 heavy (non-hydrogen) atoms. The molecule has 0 heterocycles. The van der Waals surface area contributed by atoms with Gasteiger partial charge < -0.3 is 5.73 Å². The zero-order valence-corrected chi connectivity index (χ0v) is 9.59. The highest BCUT2D eigenvalue weighted by molar-refractivity contribution is 7.98. The first-order valence-electron chi connectivity index (χ1n) is 5.16. The van der Waals surface area contributed by atoms with E-state index in [0.717, 1.165) is 12.2 Å². The van der Waals surface area contributed by atoms with Gasteiger partial charge in [-0.05, 0) is 31.1 Å². The average molecular weight is 209 g/mol. The van der Waals surface area contributed by atoms with Gasteiger partial charge in [0.05, 0.1) is 0 Å². The van der Waals surface area contributed by atoms with Gasteiger partial charge in [0.2, 0.25) is 0 Å². The predicted octanol–water partition coefficient (Wildman–Crippen LogP) is 3.05. The molecule has 0 radical (unpaired) electrons. The number of rotatable bonds is 6. The Labute approximate surface area is 91.1 Å². The summed E-state index contributed by atoms with van der Waals surface area (Å²) in [4.78, 5) is 0. The lowest BCUT2D eigenvalue weighted by Gasteiger charge is -2.04. The fourth-order valence-electron chi connectivity index (χ4n) is 1.27. The first-order chi connectivity index (χ1) is 6.79. The van der Waals surface area contributed by atoms with Crippen molar-refractivity contribution in [2.45, 2.75) is 31.6 Å². The normalized spacial score (nSPS) is 12.7. The third-order valence-electron chi connectivity index (χ3n) is 2.06. The van der Waals surface area contributed by atoms with Crippen LogP contribution in [-0.4, -0.2) is 11.8 Å². The molecular formula is C12H19NS. The quantitative estimate of drug-likeness (QED) is 0.729. The minimum Gasteiger partial charge on any atom is -0.328 e. The highest BCUT2D eigenvalue weighted by Crippen LogP contribution is 2.13. The van der Waals surface area contributed by atoms with Crippen LogP contribution in [0.2, 0.25) is 0 Å². The predicted molar refractivity (Wildman–Crippen MR) is 65.5 cm³/mol. The van der Waals surface area contributed by atoms with E-state index in [0.29, 0.717) is 6.04 Å². The highest BCUT2D eigenvalue weighted by atomic mass is 32.2. The maximum Gasteiger partial charge on any atom is 0.0184 e. The SMILES string of the molecule is CC(N)CCCSCc1ccccc1. The summed E-state index contributed by atoms with van der Waals surface area (Å²) < 4.78 is 0. The van der Waals surface area contributed by atoms with Crippen LogP contribution in [0, 0.1) is 0 Å². The summed E-state index contributed by atoms with van der Waals surface area (Å²) >= 11 is 1.99. The number of thioether (sulfide) groups is 1. The summed E-state index contributed by atoms with van der Waals surface area (Å²) in [5, 5.41) is 0. The lowest BCUT2D eigenvalue weighted by molar-refractivity contribution is 0.656. The molecule has 0 aliphatic heterocycles. The molecule has 78 valence electrons. The van der Waals surface area contributed by atoms with Crippen molar-refractivity contribution in [1.29, 1.82) is 0 Å². The van der Waals surface area contributed by atoms with Gasteiger partial charge in [-0.2, -0.15) is 11.8 Å². The van der Waals surface area contributed by atoms with Crippen LogP contribution in [0.15, 0.2) is 30.3 Å². The van der Waals surface area contributed by atoms with Gasteiger partial charge in [0.1, 0.15) is 0 Å². The van der Waals surface area contributed by atoms with E-state index in [9.17, 15) is 0 Å². The number of hydrogen-bond acceptors (Lipinski definition) is 2. The Kier molecular flexibility index (Phi) is 5.72. The van der Waals surface area contributed by atoms with Crippen LogP contribution in [0.4, 0.5) is 0 Å². The van der Waals surface area contributed by atoms with E-state index in [-0.39, 0.29) is 0 Å². The topological polar surface area (TPSA) is 26.0 Å². The minimum absolute atomic E-state index is 0.354. The van der Waals surface area contributed by atoms with E-state index in [4.69, 9.17) is 5.73 Å². The molecule has 1 aromatic carbocycles. The Morgan fingerprint density at radius 1 is 1.29 bits per heavy atom. The van der Waals surface area contributed by atoms with Crippen molar-refractivity contribution in [3.63, 3.8) is 0 Å². The van der Waals surface area contributed by atoms with Crippen LogP contribution in [0.25, 0.3) is 0 Å². The monoisotopic (exact) mass is 209 g/mol. The van der Waals surface area contributed by atoms with Crippen molar-refractivity contribution in [2.75, 3.05) is 5.75 Å². The summed E-state index contributed by atoms with van der Waals surface area (Å²) in [6.07, 6.45) is 2.37. The van der Waals surface area contributed by atoms with Gasteiger partial charge >= 0.3 is 0 Å². The van der Waals surface area contributed by atoms with Crippen molar-refractivity contribution in [3.8, 4) is 0 Å². The Balaban J connectivity index is 2.05. The molecule has 0 saturated carbocycles. The average Bonchev–Trinajstić information content (AvgIpc) is 2.18. The smallest absolute Gasteiger partial charge is 0.0184 e. The molecule has 0 saturated heterocycles. The fourth-order valence-corrected chi connectivity index (χ4v) is 2.21. The molecule has 0 aromatic heterocycles. The molecule has 0 amide bonds. The van der Waals surface area contributed by atoms with Crippen LogP contribution >= 0.6 is 11.8 Å². The maximum absolute atomic E-state index is 5.68. The second-order valence-corrected chi connectivity index (χ2v) is 4.76. The minimum atomic E-state index is 0.354. The van der Waals surface area contributed by atoms with Crippen molar-refractivity contribution in [2.24, 2.45) is 5.73 Å². The van der Waals surface area contributed by atoms with E-state index < -0.39 is 0 Å². The van der Waals surface area contributed by atoms with Crippen LogP contribution < -0.4 is 5.73 Å². The molecule has 1 rings (SSSR count). The van der Waals surface area contributed by atoms with Crippen LogP contribution in [0.5, 0.6) is 0 Å². The summed E-state index contributed by atoms with van der Waals surface area (Å²) in [6, 6.07) is 11.0.